The smallest absolute Gasteiger partial charge is 0.166 e. The van der Waals surface area contributed by atoms with Gasteiger partial charge in [-0.3, -0.25) is 0 Å². The molecule has 0 bridgehead atoms. The molecule has 0 atom stereocenters. The monoisotopic (exact) mass is 444 g/mol. The van der Waals surface area contributed by atoms with Gasteiger partial charge in [-0.15, -0.1) is 0 Å². The Morgan fingerprint density at radius 1 is 0.556 bits per heavy atom. The van der Waals surface area contributed by atoms with Crippen LogP contribution in [-0.2, 0) is 12.4 Å². The van der Waals surface area contributed by atoms with E-state index in [-0.39, 0.29) is 11.1 Å². The van der Waals surface area contributed by atoms with Crippen LogP contribution in [0.5, 0.6) is 0 Å². The molecule has 140 valence electrons. The van der Waals surface area contributed by atoms with Crippen molar-refractivity contribution in [2.45, 2.75) is 12.4 Å². The lowest BCUT2D eigenvalue weighted by Crippen LogP contribution is -2.13. The summed E-state index contributed by atoms with van der Waals surface area (Å²) in [4.78, 5) is 0. The molecule has 0 nitrogen and oxygen atoms in total. The molecular weight excluding hydrogens is 434 g/mol. The summed E-state index contributed by atoms with van der Waals surface area (Å²) in [5.41, 5.74) is -1.37. The van der Waals surface area contributed by atoms with Gasteiger partial charge < -0.3 is 0 Å². The molecule has 0 heterocycles. The Labute approximate surface area is 159 Å². The fourth-order valence-electron chi connectivity index (χ4n) is 2.80. The number of hydrogen-bond donors (Lipinski definition) is 0. The molecule has 0 aromatic heterocycles. The van der Waals surface area contributed by atoms with E-state index in [2.05, 4.69) is 15.9 Å². The Bertz CT molecular complexity index is 923. The average Bonchev–Trinajstić information content (AvgIpc) is 2.61. The maximum Gasteiger partial charge on any atom is 0.417 e. The maximum absolute atomic E-state index is 13.3. The van der Waals surface area contributed by atoms with Crippen molar-refractivity contribution in [3.05, 3.63) is 82.3 Å². The van der Waals surface area contributed by atoms with E-state index in [1.165, 1.54) is 6.07 Å². The normalized spacial score (nSPS) is 12.3. The molecule has 0 spiro atoms. The van der Waals surface area contributed by atoms with Crippen LogP contribution in [-0.4, -0.2) is 0 Å². The van der Waals surface area contributed by atoms with Gasteiger partial charge in [0.05, 0.1) is 11.1 Å². The highest BCUT2D eigenvalue weighted by Crippen LogP contribution is 2.45. The molecule has 3 rings (SSSR count). The van der Waals surface area contributed by atoms with Crippen LogP contribution in [0, 0.1) is 0 Å². The standard InChI is InChI=1S/C20H11BrF6/c21-18-16(19(22,23)24)10-13(11-17(18)20(25,26)27)15-9-5-4-8-14(15)12-6-2-1-3-7-12/h1-11H. The summed E-state index contributed by atoms with van der Waals surface area (Å²) in [7, 11) is 0. The van der Waals surface area contributed by atoms with Crippen molar-refractivity contribution in [1.82, 2.24) is 0 Å². The second-order valence-electron chi connectivity index (χ2n) is 5.79. The molecule has 0 aliphatic rings. The first-order chi connectivity index (χ1) is 12.6. The molecule has 0 saturated heterocycles. The van der Waals surface area contributed by atoms with Crippen molar-refractivity contribution < 1.29 is 26.3 Å². The molecule has 0 unspecified atom stereocenters. The minimum atomic E-state index is -4.93. The van der Waals surface area contributed by atoms with Gasteiger partial charge in [0.1, 0.15) is 0 Å². The summed E-state index contributed by atoms with van der Waals surface area (Å²) >= 11 is 2.48. The molecule has 0 aliphatic heterocycles. The van der Waals surface area contributed by atoms with Gasteiger partial charge in [0.15, 0.2) is 0 Å². The first-order valence-electron chi connectivity index (χ1n) is 7.72. The van der Waals surface area contributed by atoms with E-state index in [9.17, 15) is 26.3 Å². The average molecular weight is 445 g/mol. The molecule has 0 fully saturated rings. The molecule has 0 N–H and O–H groups in total. The van der Waals surface area contributed by atoms with Crippen molar-refractivity contribution in [2.24, 2.45) is 0 Å². The third kappa shape index (κ3) is 4.03. The van der Waals surface area contributed by atoms with Crippen molar-refractivity contribution in [1.29, 1.82) is 0 Å². The molecule has 3 aromatic carbocycles. The van der Waals surface area contributed by atoms with E-state index in [0.717, 1.165) is 12.1 Å². The number of rotatable bonds is 2. The lowest BCUT2D eigenvalue weighted by molar-refractivity contribution is -0.144. The highest BCUT2D eigenvalue weighted by Gasteiger charge is 2.41. The quantitative estimate of drug-likeness (QED) is 0.353. The first kappa shape index (κ1) is 19.5. The third-order valence-electron chi connectivity index (χ3n) is 4.01. The lowest BCUT2D eigenvalue weighted by Gasteiger charge is -2.18. The summed E-state index contributed by atoms with van der Waals surface area (Å²) in [6, 6.07) is 16.6. The largest absolute Gasteiger partial charge is 0.417 e. The van der Waals surface area contributed by atoms with Gasteiger partial charge in [-0.25, -0.2) is 0 Å². The Hall–Kier alpha value is -2.28. The van der Waals surface area contributed by atoms with E-state index in [4.69, 9.17) is 0 Å². The summed E-state index contributed by atoms with van der Waals surface area (Å²) in [5.74, 6) is 0. The van der Waals surface area contributed by atoms with Crippen LogP contribution in [0.2, 0.25) is 0 Å². The Morgan fingerprint density at radius 2 is 0.963 bits per heavy atom. The number of benzene rings is 3. The van der Waals surface area contributed by atoms with Gasteiger partial charge >= 0.3 is 12.4 Å². The molecule has 27 heavy (non-hydrogen) atoms. The van der Waals surface area contributed by atoms with Crippen LogP contribution in [0.3, 0.4) is 0 Å². The number of hydrogen-bond acceptors (Lipinski definition) is 0. The molecule has 0 saturated carbocycles. The van der Waals surface area contributed by atoms with Crippen molar-refractivity contribution in [3.8, 4) is 22.3 Å². The molecule has 0 aliphatic carbocycles. The second kappa shape index (κ2) is 7.03. The first-order valence-corrected chi connectivity index (χ1v) is 8.51. The molecule has 0 radical (unpaired) electrons. The van der Waals surface area contributed by atoms with Gasteiger partial charge in [0.25, 0.3) is 0 Å². The zero-order valence-corrected chi connectivity index (χ0v) is 15.1. The second-order valence-corrected chi connectivity index (χ2v) is 6.59. The highest BCUT2D eigenvalue weighted by molar-refractivity contribution is 9.10. The van der Waals surface area contributed by atoms with Crippen molar-refractivity contribution in [3.63, 3.8) is 0 Å². The van der Waals surface area contributed by atoms with Gasteiger partial charge in [0, 0.05) is 4.47 Å². The Kier molecular flexibility index (Phi) is 5.08. The van der Waals surface area contributed by atoms with Crippen molar-refractivity contribution >= 4 is 15.9 Å². The third-order valence-corrected chi connectivity index (χ3v) is 4.86. The Balaban J connectivity index is 2.31. The van der Waals surface area contributed by atoms with Crippen LogP contribution >= 0.6 is 15.9 Å². The van der Waals surface area contributed by atoms with E-state index >= 15 is 0 Å². The van der Waals surface area contributed by atoms with E-state index in [0.29, 0.717) is 11.1 Å². The SMILES string of the molecule is FC(F)(F)c1cc(-c2ccccc2-c2ccccc2)cc(C(F)(F)F)c1Br. The molecule has 3 aromatic rings. The zero-order valence-electron chi connectivity index (χ0n) is 13.5. The van der Waals surface area contributed by atoms with Gasteiger partial charge in [-0.05, 0) is 50.3 Å². The summed E-state index contributed by atoms with van der Waals surface area (Å²) < 4.78 is 79.0. The zero-order chi connectivity index (χ0) is 19.8. The number of halogens is 7. The van der Waals surface area contributed by atoms with Crippen LogP contribution < -0.4 is 0 Å². The fraction of sp³-hybridized carbons (Fsp3) is 0.100. The summed E-state index contributed by atoms with van der Waals surface area (Å²) in [6.45, 7) is 0. The van der Waals surface area contributed by atoms with Gasteiger partial charge in [-0.1, -0.05) is 54.6 Å². The maximum atomic E-state index is 13.3. The Morgan fingerprint density at radius 3 is 1.41 bits per heavy atom. The van der Waals surface area contributed by atoms with Crippen molar-refractivity contribution in [2.75, 3.05) is 0 Å². The van der Waals surface area contributed by atoms with Crippen LogP contribution in [0.4, 0.5) is 26.3 Å². The summed E-state index contributed by atoms with van der Waals surface area (Å²) in [5, 5.41) is 0. The fourth-order valence-corrected chi connectivity index (χ4v) is 3.48. The minimum absolute atomic E-state index is 0.155. The van der Waals surface area contributed by atoms with Crippen LogP contribution in [0.25, 0.3) is 22.3 Å². The molecule has 0 amide bonds. The van der Waals surface area contributed by atoms with E-state index in [1.807, 2.05) is 0 Å². The topological polar surface area (TPSA) is 0 Å². The van der Waals surface area contributed by atoms with E-state index < -0.39 is 28.0 Å². The minimum Gasteiger partial charge on any atom is -0.166 e. The number of alkyl halides is 6. The summed E-state index contributed by atoms with van der Waals surface area (Å²) in [6.07, 6.45) is -9.87. The molecular formula is C20H11BrF6. The van der Waals surface area contributed by atoms with Gasteiger partial charge in [-0.2, -0.15) is 26.3 Å². The predicted molar refractivity (Wildman–Crippen MR) is 95.0 cm³/mol. The highest BCUT2D eigenvalue weighted by atomic mass is 79.9. The van der Waals surface area contributed by atoms with Crippen LogP contribution in [0.15, 0.2) is 71.2 Å². The van der Waals surface area contributed by atoms with E-state index in [1.54, 1.807) is 48.5 Å². The van der Waals surface area contributed by atoms with Crippen LogP contribution in [0.1, 0.15) is 11.1 Å². The predicted octanol–water partition coefficient (Wildman–Crippen LogP) is 7.82. The molecule has 7 heteroatoms. The lowest BCUT2D eigenvalue weighted by atomic mass is 9.92. The van der Waals surface area contributed by atoms with Gasteiger partial charge in [0.2, 0.25) is 0 Å².